The Balaban J connectivity index is 3.30. The van der Waals surface area contributed by atoms with Crippen LogP contribution in [0.3, 0.4) is 0 Å². The van der Waals surface area contributed by atoms with Gasteiger partial charge in [-0.25, -0.2) is 4.39 Å². The summed E-state index contributed by atoms with van der Waals surface area (Å²) in [5.41, 5.74) is 0. The highest BCUT2D eigenvalue weighted by Gasteiger charge is 2.23. The van der Waals surface area contributed by atoms with Crippen LogP contribution in [-0.2, 0) is 4.79 Å². The molecule has 0 aromatic carbocycles. The summed E-state index contributed by atoms with van der Waals surface area (Å²) in [5.74, 6) is 0. The van der Waals surface area contributed by atoms with Crippen LogP contribution in [0, 0.1) is 0 Å². The molecule has 0 aliphatic rings. The average molecular weight is 181 g/mol. The first kappa shape index (κ1) is 10.9. The Hall–Kier alpha value is -0.110. The number of unbranched alkanes of at least 4 members (excludes halogenated alkanes) is 3. The number of hydrogen-bond donors (Lipinski definition) is 0. The SMILES string of the molecule is CCCCCC[C@@](F)(Cl)C=O. The average Bonchev–Trinajstić information content (AvgIpc) is 1.99. The summed E-state index contributed by atoms with van der Waals surface area (Å²) in [4.78, 5) is 9.98. The van der Waals surface area contributed by atoms with E-state index in [1.807, 2.05) is 0 Å². The lowest BCUT2D eigenvalue weighted by atomic mass is 10.1. The summed E-state index contributed by atoms with van der Waals surface area (Å²) in [6, 6.07) is 0. The van der Waals surface area contributed by atoms with Crippen LogP contribution < -0.4 is 0 Å². The Labute approximate surface area is 71.9 Å². The van der Waals surface area contributed by atoms with Crippen molar-refractivity contribution in [1.29, 1.82) is 0 Å². The predicted octanol–water partition coefficient (Wildman–Crippen LogP) is 3.06. The van der Waals surface area contributed by atoms with E-state index in [2.05, 4.69) is 6.92 Å². The zero-order chi connectivity index (χ0) is 8.74. The van der Waals surface area contributed by atoms with E-state index < -0.39 is 5.13 Å². The van der Waals surface area contributed by atoms with Gasteiger partial charge in [-0.1, -0.05) is 37.8 Å². The van der Waals surface area contributed by atoms with Crippen molar-refractivity contribution in [2.45, 2.75) is 44.2 Å². The van der Waals surface area contributed by atoms with Crippen molar-refractivity contribution in [3.8, 4) is 0 Å². The number of hydrogen-bond acceptors (Lipinski definition) is 1. The maximum absolute atomic E-state index is 12.6. The molecule has 3 heteroatoms. The number of rotatable bonds is 6. The molecule has 0 aliphatic carbocycles. The highest BCUT2D eigenvalue weighted by molar-refractivity contribution is 6.30. The van der Waals surface area contributed by atoms with E-state index in [1.165, 1.54) is 0 Å². The monoisotopic (exact) mass is 180 g/mol. The fourth-order valence-corrected chi connectivity index (χ4v) is 0.980. The summed E-state index contributed by atoms with van der Waals surface area (Å²) in [6.45, 7) is 2.07. The van der Waals surface area contributed by atoms with E-state index in [-0.39, 0.29) is 12.7 Å². The van der Waals surface area contributed by atoms with Gasteiger partial charge in [0.05, 0.1) is 0 Å². The highest BCUT2D eigenvalue weighted by Crippen LogP contribution is 2.22. The quantitative estimate of drug-likeness (QED) is 0.349. The van der Waals surface area contributed by atoms with E-state index in [1.54, 1.807) is 0 Å². The molecule has 0 aromatic rings. The minimum Gasteiger partial charge on any atom is -0.298 e. The summed E-state index contributed by atoms with van der Waals surface area (Å²) in [6.07, 6.45) is 4.11. The smallest absolute Gasteiger partial charge is 0.238 e. The lowest BCUT2D eigenvalue weighted by Gasteiger charge is -2.08. The van der Waals surface area contributed by atoms with Gasteiger partial charge in [-0.05, 0) is 6.42 Å². The van der Waals surface area contributed by atoms with Gasteiger partial charge in [0, 0.05) is 6.42 Å². The second kappa shape index (κ2) is 5.53. The Morgan fingerprint density at radius 1 is 1.45 bits per heavy atom. The van der Waals surface area contributed by atoms with Crippen LogP contribution in [0.2, 0.25) is 0 Å². The minimum absolute atomic E-state index is 0.137. The maximum atomic E-state index is 12.6. The van der Waals surface area contributed by atoms with Gasteiger partial charge >= 0.3 is 0 Å². The molecule has 11 heavy (non-hydrogen) atoms. The zero-order valence-corrected chi connectivity index (χ0v) is 7.53. The molecule has 0 radical (unpaired) electrons. The molecule has 0 saturated heterocycles. The lowest BCUT2D eigenvalue weighted by Crippen LogP contribution is -2.15. The third kappa shape index (κ3) is 6.29. The largest absolute Gasteiger partial charge is 0.298 e. The predicted molar refractivity (Wildman–Crippen MR) is 44.5 cm³/mol. The van der Waals surface area contributed by atoms with Gasteiger partial charge < -0.3 is 0 Å². The topological polar surface area (TPSA) is 17.1 Å². The summed E-state index contributed by atoms with van der Waals surface area (Å²) in [7, 11) is 0. The number of aldehydes is 1. The van der Waals surface area contributed by atoms with Crippen molar-refractivity contribution in [1.82, 2.24) is 0 Å². The summed E-state index contributed by atoms with van der Waals surface area (Å²) in [5, 5.41) is -2.12. The third-order valence-electron chi connectivity index (χ3n) is 1.54. The van der Waals surface area contributed by atoms with Crippen molar-refractivity contribution in [2.75, 3.05) is 0 Å². The standard InChI is InChI=1S/C8H14ClFO/c1-2-3-4-5-6-8(9,10)7-11/h7H,2-6H2,1H3/t8-/m0/s1. The fraction of sp³-hybridized carbons (Fsp3) is 0.875. The third-order valence-corrected chi connectivity index (χ3v) is 1.81. The van der Waals surface area contributed by atoms with Crippen LogP contribution in [-0.4, -0.2) is 11.4 Å². The van der Waals surface area contributed by atoms with Crippen LogP contribution >= 0.6 is 11.6 Å². The molecule has 0 aromatic heterocycles. The maximum Gasteiger partial charge on any atom is 0.238 e. The molecule has 0 spiro atoms. The molecule has 0 aliphatic heterocycles. The molecule has 0 fully saturated rings. The Morgan fingerprint density at radius 2 is 2.09 bits per heavy atom. The molecule has 0 heterocycles. The Bertz CT molecular complexity index is 115. The number of alkyl halides is 2. The van der Waals surface area contributed by atoms with Crippen LogP contribution in [0.15, 0.2) is 0 Å². The molecule has 0 rings (SSSR count). The fourth-order valence-electron chi connectivity index (χ4n) is 0.846. The van der Waals surface area contributed by atoms with Crippen molar-refractivity contribution in [2.24, 2.45) is 0 Å². The van der Waals surface area contributed by atoms with Gasteiger partial charge in [-0.3, -0.25) is 4.79 Å². The first-order valence-electron chi connectivity index (χ1n) is 3.96. The van der Waals surface area contributed by atoms with Crippen LogP contribution in [0.25, 0.3) is 0 Å². The van der Waals surface area contributed by atoms with E-state index in [4.69, 9.17) is 11.6 Å². The van der Waals surface area contributed by atoms with Gasteiger partial charge in [0.1, 0.15) is 0 Å². The molecule has 0 bridgehead atoms. The van der Waals surface area contributed by atoms with Gasteiger partial charge in [-0.15, -0.1) is 0 Å². The molecule has 1 nitrogen and oxygen atoms in total. The molecule has 0 unspecified atom stereocenters. The van der Waals surface area contributed by atoms with Crippen molar-refractivity contribution < 1.29 is 9.18 Å². The highest BCUT2D eigenvalue weighted by atomic mass is 35.5. The molecule has 0 amide bonds. The second-order valence-electron chi connectivity index (χ2n) is 2.69. The van der Waals surface area contributed by atoms with Crippen molar-refractivity contribution in [3.63, 3.8) is 0 Å². The molecular weight excluding hydrogens is 167 g/mol. The molecule has 1 atom stereocenters. The van der Waals surface area contributed by atoms with Crippen molar-refractivity contribution in [3.05, 3.63) is 0 Å². The Kier molecular flexibility index (Phi) is 5.47. The van der Waals surface area contributed by atoms with Crippen LogP contribution in [0.4, 0.5) is 4.39 Å². The Morgan fingerprint density at radius 3 is 2.55 bits per heavy atom. The zero-order valence-electron chi connectivity index (χ0n) is 6.78. The van der Waals surface area contributed by atoms with E-state index in [0.717, 1.165) is 19.3 Å². The number of carbonyl (C=O) groups is 1. The minimum atomic E-state index is -2.12. The second-order valence-corrected chi connectivity index (χ2v) is 3.32. The van der Waals surface area contributed by atoms with Crippen LogP contribution in [0.5, 0.6) is 0 Å². The summed E-state index contributed by atoms with van der Waals surface area (Å²) < 4.78 is 12.6. The van der Waals surface area contributed by atoms with E-state index in [0.29, 0.717) is 6.42 Å². The van der Waals surface area contributed by atoms with Crippen molar-refractivity contribution >= 4 is 17.9 Å². The van der Waals surface area contributed by atoms with Gasteiger partial charge in [0.25, 0.3) is 0 Å². The lowest BCUT2D eigenvalue weighted by molar-refractivity contribution is -0.114. The molecular formula is C8H14ClFO. The van der Waals surface area contributed by atoms with Gasteiger partial charge in [0.2, 0.25) is 5.13 Å². The van der Waals surface area contributed by atoms with Gasteiger partial charge in [-0.2, -0.15) is 0 Å². The molecule has 0 N–H and O–H groups in total. The van der Waals surface area contributed by atoms with Gasteiger partial charge in [0.15, 0.2) is 6.29 Å². The summed E-state index contributed by atoms with van der Waals surface area (Å²) >= 11 is 5.16. The normalized spacial score (nSPS) is 15.9. The first-order valence-corrected chi connectivity index (χ1v) is 4.34. The molecule has 66 valence electrons. The van der Waals surface area contributed by atoms with E-state index in [9.17, 15) is 9.18 Å². The van der Waals surface area contributed by atoms with E-state index >= 15 is 0 Å². The molecule has 0 saturated carbocycles. The number of carbonyl (C=O) groups excluding carboxylic acids is 1. The van der Waals surface area contributed by atoms with Crippen LogP contribution in [0.1, 0.15) is 39.0 Å². The number of halogens is 2. The first-order chi connectivity index (χ1) is 5.12.